The van der Waals surface area contributed by atoms with Crippen LogP contribution in [-0.2, 0) is 16.1 Å². The van der Waals surface area contributed by atoms with Gasteiger partial charge in [0.25, 0.3) is 0 Å². The molecule has 0 saturated carbocycles. The zero-order valence-corrected chi connectivity index (χ0v) is 15.2. The van der Waals surface area contributed by atoms with Crippen LogP contribution in [0, 0.1) is 0 Å². The van der Waals surface area contributed by atoms with Crippen molar-refractivity contribution in [2.75, 3.05) is 36.5 Å². The first kappa shape index (κ1) is 17.6. The monoisotopic (exact) mass is 387 g/mol. The highest BCUT2D eigenvalue weighted by Crippen LogP contribution is 2.30. The first-order valence-corrected chi connectivity index (χ1v) is 9.00. The van der Waals surface area contributed by atoms with Gasteiger partial charge in [0.05, 0.1) is 30.1 Å². The summed E-state index contributed by atoms with van der Waals surface area (Å²) in [6, 6.07) is 12.4. The number of hydrogen-bond acceptors (Lipinski definition) is 5. The molecule has 1 N–H and O–H groups in total. The van der Waals surface area contributed by atoms with E-state index in [0.717, 1.165) is 18.8 Å². The van der Waals surface area contributed by atoms with Crippen molar-refractivity contribution in [3.63, 3.8) is 0 Å². The summed E-state index contributed by atoms with van der Waals surface area (Å²) in [6.45, 7) is 2.58. The molecule has 0 atom stereocenters. The van der Waals surface area contributed by atoms with Gasteiger partial charge in [-0.2, -0.15) is 0 Å². The SMILES string of the molecule is O=C(Cn1c(=O)oc2ccccc21)Nc1cc(Cl)ccc1N1CCOCC1. The third-order valence-corrected chi connectivity index (χ3v) is 4.69. The number of carbonyl (C=O) groups excluding carboxylic acids is 1. The summed E-state index contributed by atoms with van der Waals surface area (Å²) in [5, 5.41) is 3.39. The smallest absolute Gasteiger partial charge is 0.408 e. The summed E-state index contributed by atoms with van der Waals surface area (Å²) >= 11 is 6.12. The summed E-state index contributed by atoms with van der Waals surface area (Å²) < 4.78 is 11.9. The highest BCUT2D eigenvalue weighted by atomic mass is 35.5. The van der Waals surface area contributed by atoms with Crippen LogP contribution in [-0.4, -0.2) is 36.8 Å². The van der Waals surface area contributed by atoms with Gasteiger partial charge in [0.1, 0.15) is 6.54 Å². The number of rotatable bonds is 4. The minimum Gasteiger partial charge on any atom is -0.408 e. The van der Waals surface area contributed by atoms with Gasteiger partial charge < -0.3 is 19.4 Å². The summed E-state index contributed by atoms with van der Waals surface area (Å²) in [5.74, 6) is -0.897. The molecular weight excluding hydrogens is 370 g/mol. The number of morpholine rings is 1. The molecule has 1 aliphatic heterocycles. The molecule has 0 spiro atoms. The van der Waals surface area contributed by atoms with E-state index < -0.39 is 5.76 Å². The van der Waals surface area contributed by atoms with Crippen LogP contribution in [0.25, 0.3) is 11.1 Å². The van der Waals surface area contributed by atoms with Crippen LogP contribution in [0.15, 0.2) is 51.7 Å². The third kappa shape index (κ3) is 3.70. The van der Waals surface area contributed by atoms with E-state index in [1.54, 1.807) is 36.4 Å². The van der Waals surface area contributed by atoms with Gasteiger partial charge >= 0.3 is 5.76 Å². The van der Waals surface area contributed by atoms with Crippen molar-refractivity contribution in [1.82, 2.24) is 4.57 Å². The summed E-state index contributed by atoms with van der Waals surface area (Å²) in [4.78, 5) is 26.8. The molecule has 140 valence electrons. The second-order valence-corrected chi connectivity index (χ2v) is 6.67. The van der Waals surface area contributed by atoms with Gasteiger partial charge in [-0.3, -0.25) is 9.36 Å². The van der Waals surface area contributed by atoms with Crippen molar-refractivity contribution in [2.45, 2.75) is 6.54 Å². The first-order chi connectivity index (χ1) is 13.1. The molecule has 1 aromatic heterocycles. The summed E-state index contributed by atoms with van der Waals surface area (Å²) in [5.41, 5.74) is 2.51. The zero-order chi connectivity index (χ0) is 18.8. The highest BCUT2D eigenvalue weighted by Gasteiger charge is 2.18. The Morgan fingerprint density at radius 1 is 1.15 bits per heavy atom. The Balaban J connectivity index is 1.58. The van der Waals surface area contributed by atoms with Gasteiger partial charge in [0.2, 0.25) is 5.91 Å². The molecule has 2 heterocycles. The molecule has 4 rings (SSSR count). The molecule has 0 radical (unpaired) electrons. The van der Waals surface area contributed by atoms with E-state index >= 15 is 0 Å². The second-order valence-electron chi connectivity index (χ2n) is 6.23. The number of benzene rings is 2. The maximum Gasteiger partial charge on any atom is 0.420 e. The largest absolute Gasteiger partial charge is 0.420 e. The average Bonchev–Trinajstić information content (AvgIpc) is 2.98. The maximum absolute atomic E-state index is 12.6. The van der Waals surface area contributed by atoms with Gasteiger partial charge in [0.15, 0.2) is 5.58 Å². The van der Waals surface area contributed by atoms with E-state index in [-0.39, 0.29) is 12.5 Å². The molecule has 7 nitrogen and oxygen atoms in total. The molecule has 0 aliphatic carbocycles. The molecule has 1 aliphatic rings. The lowest BCUT2D eigenvalue weighted by atomic mass is 10.2. The van der Waals surface area contributed by atoms with Gasteiger partial charge in [-0.05, 0) is 30.3 Å². The molecule has 2 aromatic carbocycles. The van der Waals surface area contributed by atoms with E-state index in [9.17, 15) is 9.59 Å². The standard InChI is InChI=1S/C19H18ClN3O4/c20-13-5-6-15(22-7-9-26-10-8-22)14(11-13)21-18(24)12-23-16-3-1-2-4-17(16)27-19(23)25/h1-6,11H,7-10,12H2,(H,21,24). The van der Waals surface area contributed by atoms with Crippen LogP contribution < -0.4 is 16.0 Å². The fraction of sp³-hybridized carbons (Fsp3) is 0.263. The number of nitrogens with one attached hydrogen (secondary N) is 1. The minimum absolute atomic E-state index is 0.148. The molecule has 1 amide bonds. The fourth-order valence-corrected chi connectivity index (χ4v) is 3.36. The number of oxazole rings is 1. The Bertz CT molecular complexity index is 1040. The van der Waals surface area contributed by atoms with Gasteiger partial charge in [-0.25, -0.2) is 4.79 Å². The van der Waals surface area contributed by atoms with Crippen molar-refractivity contribution < 1.29 is 13.9 Å². The van der Waals surface area contributed by atoms with Crippen molar-refractivity contribution in [1.29, 1.82) is 0 Å². The third-order valence-electron chi connectivity index (χ3n) is 4.46. The number of para-hydroxylation sites is 2. The summed E-state index contributed by atoms with van der Waals surface area (Å²) in [6.07, 6.45) is 0. The number of ether oxygens (including phenoxy) is 1. The van der Waals surface area contributed by atoms with Crippen LogP contribution in [0.2, 0.25) is 5.02 Å². The Morgan fingerprint density at radius 2 is 1.93 bits per heavy atom. The quantitative estimate of drug-likeness (QED) is 0.744. The minimum atomic E-state index is -0.564. The van der Waals surface area contributed by atoms with Crippen LogP contribution in [0.5, 0.6) is 0 Å². The van der Waals surface area contributed by atoms with Crippen molar-refractivity contribution in [3.8, 4) is 0 Å². The number of carbonyl (C=O) groups is 1. The lowest BCUT2D eigenvalue weighted by Crippen LogP contribution is -2.37. The predicted octanol–water partition coefficient (Wildman–Crippen LogP) is 2.72. The van der Waals surface area contributed by atoms with Gasteiger partial charge in [-0.15, -0.1) is 0 Å². The second kappa shape index (κ2) is 7.46. The molecule has 1 saturated heterocycles. The first-order valence-electron chi connectivity index (χ1n) is 8.62. The fourth-order valence-electron chi connectivity index (χ4n) is 3.19. The molecule has 1 fully saturated rings. The Labute approximate surface area is 160 Å². The summed E-state index contributed by atoms with van der Waals surface area (Å²) in [7, 11) is 0. The lowest BCUT2D eigenvalue weighted by molar-refractivity contribution is -0.116. The van der Waals surface area contributed by atoms with Crippen LogP contribution in [0.1, 0.15) is 0 Å². The van der Waals surface area contributed by atoms with Crippen LogP contribution in [0.3, 0.4) is 0 Å². The van der Waals surface area contributed by atoms with E-state index in [2.05, 4.69) is 10.2 Å². The predicted molar refractivity (Wildman–Crippen MR) is 104 cm³/mol. The lowest BCUT2D eigenvalue weighted by Gasteiger charge is -2.30. The number of hydrogen-bond donors (Lipinski definition) is 1. The van der Waals surface area contributed by atoms with Gasteiger partial charge in [0, 0.05) is 18.1 Å². The number of anilines is 2. The number of nitrogens with zero attached hydrogens (tertiary/aromatic N) is 2. The number of aromatic nitrogens is 1. The van der Waals surface area contributed by atoms with E-state index in [1.165, 1.54) is 4.57 Å². The topological polar surface area (TPSA) is 76.7 Å². The maximum atomic E-state index is 12.6. The molecule has 0 unspecified atom stereocenters. The Morgan fingerprint density at radius 3 is 2.74 bits per heavy atom. The van der Waals surface area contributed by atoms with Crippen molar-refractivity contribution in [2.24, 2.45) is 0 Å². The van der Waals surface area contributed by atoms with Crippen molar-refractivity contribution >= 4 is 40.0 Å². The van der Waals surface area contributed by atoms with Crippen LogP contribution >= 0.6 is 11.6 Å². The van der Waals surface area contributed by atoms with Crippen LogP contribution in [0.4, 0.5) is 11.4 Å². The van der Waals surface area contributed by atoms with E-state index in [4.69, 9.17) is 20.8 Å². The van der Waals surface area contributed by atoms with E-state index in [1.807, 2.05) is 6.07 Å². The van der Waals surface area contributed by atoms with Crippen molar-refractivity contribution in [3.05, 3.63) is 58.0 Å². The molecule has 0 bridgehead atoms. The number of fused-ring (bicyclic) bond motifs is 1. The Hall–Kier alpha value is -2.77. The Kier molecular flexibility index (Phi) is 4.87. The number of halogens is 1. The molecular formula is C19H18ClN3O4. The van der Waals surface area contributed by atoms with E-state index in [0.29, 0.717) is 35.0 Å². The van der Waals surface area contributed by atoms with Gasteiger partial charge in [-0.1, -0.05) is 23.7 Å². The zero-order valence-electron chi connectivity index (χ0n) is 14.5. The normalized spacial score (nSPS) is 14.5. The molecule has 27 heavy (non-hydrogen) atoms. The highest BCUT2D eigenvalue weighted by molar-refractivity contribution is 6.31. The number of amides is 1. The average molecular weight is 388 g/mol. The molecule has 8 heteroatoms. The molecule has 3 aromatic rings.